The molecule has 1 unspecified atom stereocenters. The van der Waals surface area contributed by atoms with Crippen LogP contribution in [-0.4, -0.2) is 60.2 Å². The summed E-state index contributed by atoms with van der Waals surface area (Å²) >= 11 is 0. The highest BCUT2D eigenvalue weighted by Crippen LogP contribution is 2.37. The summed E-state index contributed by atoms with van der Waals surface area (Å²) in [5.41, 5.74) is -1.16. The van der Waals surface area contributed by atoms with Gasteiger partial charge in [-0.05, 0) is 32.0 Å². The van der Waals surface area contributed by atoms with Gasteiger partial charge >= 0.3 is 11.9 Å². The lowest BCUT2D eigenvalue weighted by molar-refractivity contribution is -0.418. The van der Waals surface area contributed by atoms with E-state index in [4.69, 9.17) is 4.74 Å². The van der Waals surface area contributed by atoms with E-state index in [9.17, 15) is 33.1 Å². The first-order chi connectivity index (χ1) is 20.3. The highest BCUT2D eigenvalue weighted by molar-refractivity contribution is 5.92. The topological polar surface area (TPSA) is 153 Å². The number of pyridine rings is 2. The van der Waals surface area contributed by atoms with Crippen molar-refractivity contribution in [2.24, 2.45) is 7.05 Å². The molecule has 0 fully saturated rings. The number of halogens is 3. The van der Waals surface area contributed by atoms with Crippen LogP contribution in [0.15, 0.2) is 51.8 Å². The average molecular weight is 603 g/mol. The molecule has 3 aromatic rings. The molecule has 0 bridgehead atoms. The molecule has 0 amide bonds. The maximum absolute atomic E-state index is 13.6. The van der Waals surface area contributed by atoms with E-state index in [1.807, 2.05) is 0 Å². The molecule has 16 heteroatoms. The standard InChI is InChI=1S/C27H29F3N8O5/c1-5-43-24-18(27(28,29)30)10-16(11-31-24)19-7-6-8-20(33-19)34-23(39)15(3)37-13-32-22-21(37)25(40)36(26(41)35(22)4)12-17-9-14(2)38(17)42/h6-11,15,23,32,39H,5,12-13H2,1-4H3,(H,33,34)/t15-,23?/m0/s1. The van der Waals surface area contributed by atoms with Crippen molar-refractivity contribution in [3.05, 3.63) is 73.8 Å². The smallest absolute Gasteiger partial charge is 0.421 e. The normalized spacial score (nSPS) is 15.8. The molecule has 0 radical (unpaired) electrons. The van der Waals surface area contributed by atoms with Gasteiger partial charge < -0.3 is 30.6 Å². The number of nitrogens with one attached hydrogen (secondary N) is 2. The molecule has 3 aromatic heterocycles. The summed E-state index contributed by atoms with van der Waals surface area (Å²) in [5, 5.41) is 28.9. The lowest BCUT2D eigenvalue weighted by Crippen LogP contribution is -2.48. The Hall–Kier alpha value is -4.86. The summed E-state index contributed by atoms with van der Waals surface area (Å²) in [6.45, 7) is 4.71. The van der Waals surface area contributed by atoms with Crippen LogP contribution in [-0.2, 0) is 19.8 Å². The number of aliphatic hydroxyl groups is 1. The van der Waals surface area contributed by atoms with Gasteiger partial charge in [-0.2, -0.15) is 17.9 Å². The summed E-state index contributed by atoms with van der Waals surface area (Å²) < 4.78 is 48.8. The minimum atomic E-state index is -4.70. The summed E-state index contributed by atoms with van der Waals surface area (Å²) in [5.74, 6) is -0.113. The van der Waals surface area contributed by atoms with Gasteiger partial charge in [-0.25, -0.2) is 19.3 Å². The quantitative estimate of drug-likeness (QED) is 0.189. The largest absolute Gasteiger partial charge is 0.618 e. The highest BCUT2D eigenvalue weighted by atomic mass is 19.4. The molecule has 0 aromatic carbocycles. The van der Waals surface area contributed by atoms with Gasteiger partial charge in [0.1, 0.15) is 35.7 Å². The predicted octanol–water partition coefficient (Wildman–Crippen LogP) is 2.30. The molecule has 3 N–H and O–H groups in total. The summed E-state index contributed by atoms with van der Waals surface area (Å²) in [6, 6.07) is 4.73. The molecule has 2 aliphatic heterocycles. The Morgan fingerprint density at radius 2 is 2.05 bits per heavy atom. The van der Waals surface area contributed by atoms with Crippen molar-refractivity contribution >= 4 is 23.0 Å². The second kappa shape index (κ2) is 11.1. The van der Waals surface area contributed by atoms with Crippen molar-refractivity contribution in [3.8, 4) is 17.1 Å². The minimum absolute atomic E-state index is 0.0135. The molecular weight excluding hydrogens is 573 g/mol. The van der Waals surface area contributed by atoms with Crippen LogP contribution in [0.5, 0.6) is 5.88 Å². The Morgan fingerprint density at radius 3 is 2.70 bits per heavy atom. The number of aliphatic hydroxyl groups excluding tert-OH is 1. The van der Waals surface area contributed by atoms with Gasteiger partial charge in [0.15, 0.2) is 5.71 Å². The fourth-order valence-corrected chi connectivity index (χ4v) is 4.90. The first-order valence-corrected chi connectivity index (χ1v) is 13.3. The third-order valence-corrected chi connectivity index (χ3v) is 7.23. The highest BCUT2D eigenvalue weighted by Gasteiger charge is 2.37. The number of hydrogen-bond donors (Lipinski definition) is 3. The number of aromatic nitrogens is 4. The Bertz CT molecular complexity index is 1760. The second-order valence-corrected chi connectivity index (χ2v) is 10.1. The van der Waals surface area contributed by atoms with Crippen molar-refractivity contribution in [2.45, 2.75) is 45.8 Å². The molecule has 0 saturated heterocycles. The van der Waals surface area contributed by atoms with Gasteiger partial charge in [-0.15, -0.1) is 0 Å². The van der Waals surface area contributed by atoms with Gasteiger partial charge in [0.05, 0.1) is 31.1 Å². The number of ether oxygens (including phenoxy) is 1. The van der Waals surface area contributed by atoms with Crippen LogP contribution in [0, 0.1) is 5.21 Å². The van der Waals surface area contributed by atoms with Gasteiger partial charge in [-0.3, -0.25) is 9.36 Å². The van der Waals surface area contributed by atoms with E-state index in [0.717, 1.165) is 10.6 Å². The van der Waals surface area contributed by atoms with Crippen molar-refractivity contribution in [1.82, 2.24) is 19.1 Å². The van der Waals surface area contributed by atoms with E-state index >= 15 is 0 Å². The third kappa shape index (κ3) is 5.40. The Balaban J connectivity index is 1.39. The number of anilines is 3. The zero-order valence-electron chi connectivity index (χ0n) is 23.6. The Morgan fingerprint density at radius 1 is 1.30 bits per heavy atom. The molecule has 43 heavy (non-hydrogen) atoms. The lowest BCUT2D eigenvalue weighted by Gasteiger charge is -2.30. The van der Waals surface area contributed by atoms with Crippen LogP contribution in [0.4, 0.5) is 30.5 Å². The van der Waals surface area contributed by atoms with Crippen LogP contribution in [0.1, 0.15) is 26.3 Å². The number of fused-ring (bicyclic) bond motifs is 1. The molecule has 228 valence electrons. The first kappa shape index (κ1) is 29.6. The van der Waals surface area contributed by atoms with E-state index in [1.54, 1.807) is 37.8 Å². The second-order valence-electron chi connectivity index (χ2n) is 10.1. The van der Waals surface area contributed by atoms with Crippen LogP contribution < -0.4 is 31.5 Å². The van der Waals surface area contributed by atoms with Gasteiger partial charge in [0.2, 0.25) is 11.6 Å². The van der Waals surface area contributed by atoms with Crippen molar-refractivity contribution in [2.75, 3.05) is 28.8 Å². The van der Waals surface area contributed by atoms with E-state index in [-0.39, 0.29) is 54.1 Å². The van der Waals surface area contributed by atoms with Crippen LogP contribution in [0.2, 0.25) is 0 Å². The van der Waals surface area contributed by atoms with Crippen LogP contribution in [0.25, 0.3) is 11.3 Å². The van der Waals surface area contributed by atoms with E-state index in [0.29, 0.717) is 10.5 Å². The third-order valence-electron chi connectivity index (χ3n) is 7.23. The van der Waals surface area contributed by atoms with Crippen molar-refractivity contribution < 1.29 is 27.8 Å². The maximum atomic E-state index is 13.6. The van der Waals surface area contributed by atoms with Crippen molar-refractivity contribution in [1.29, 1.82) is 0 Å². The Labute approximate surface area is 242 Å². The molecular formula is C27H29F3N8O5. The Kier molecular flexibility index (Phi) is 7.64. The summed E-state index contributed by atoms with van der Waals surface area (Å²) in [6.07, 6.45) is -3.20. The minimum Gasteiger partial charge on any atom is -0.618 e. The van der Waals surface area contributed by atoms with Gasteiger partial charge in [0.25, 0.3) is 5.56 Å². The van der Waals surface area contributed by atoms with E-state index in [2.05, 4.69) is 20.6 Å². The first-order valence-electron chi connectivity index (χ1n) is 13.3. The number of alkyl halides is 3. The van der Waals surface area contributed by atoms with Crippen LogP contribution >= 0.6 is 0 Å². The molecule has 5 heterocycles. The monoisotopic (exact) mass is 602 g/mol. The zero-order chi connectivity index (χ0) is 31.2. The molecule has 0 saturated carbocycles. The number of hydrogen-bond acceptors (Lipinski definition) is 10. The average Bonchev–Trinajstić information content (AvgIpc) is 3.42. The zero-order valence-corrected chi connectivity index (χ0v) is 23.6. The lowest BCUT2D eigenvalue weighted by atomic mass is 10.1. The number of rotatable bonds is 9. The number of hydroxylamine groups is 1. The van der Waals surface area contributed by atoms with E-state index in [1.165, 1.54) is 29.9 Å². The fraction of sp³-hybridized carbons (Fsp3) is 0.370. The number of allylic oxidation sites excluding steroid dienone is 2. The fourth-order valence-electron chi connectivity index (χ4n) is 4.90. The van der Waals surface area contributed by atoms with Crippen molar-refractivity contribution in [3.63, 3.8) is 0 Å². The summed E-state index contributed by atoms with van der Waals surface area (Å²) in [4.78, 5) is 36.1. The van der Waals surface area contributed by atoms with Gasteiger partial charge in [0, 0.05) is 25.7 Å². The molecule has 5 rings (SSSR count). The molecule has 0 aliphatic carbocycles. The number of nitrogens with zero attached hydrogens (tertiary/aromatic N) is 6. The maximum Gasteiger partial charge on any atom is 0.421 e. The summed E-state index contributed by atoms with van der Waals surface area (Å²) in [7, 11) is 1.49. The van der Waals surface area contributed by atoms with E-state index < -0.39 is 41.1 Å². The molecule has 0 spiro atoms. The van der Waals surface area contributed by atoms with Crippen LogP contribution in [0.3, 0.4) is 0 Å². The molecule has 2 aliphatic rings. The van der Waals surface area contributed by atoms with Gasteiger partial charge in [-0.1, -0.05) is 6.07 Å². The predicted molar refractivity (Wildman–Crippen MR) is 152 cm³/mol. The molecule has 2 atom stereocenters. The SMILES string of the molecule is CCOc1ncc(-c2cccc(NC(O)[C@H](C)N3CNc4c3c(=O)n(CC3=CC(C)=[N+]3[O-])c(=O)n4C)n2)cc1C(F)(F)F. The molecule has 13 nitrogen and oxygen atoms in total.